The average molecular weight is 274 g/mol. The van der Waals surface area contributed by atoms with Crippen LogP contribution >= 0.6 is 0 Å². The Labute approximate surface area is 112 Å². The van der Waals surface area contributed by atoms with Crippen molar-refractivity contribution in [1.29, 1.82) is 0 Å². The van der Waals surface area contributed by atoms with E-state index in [-0.39, 0.29) is 12.0 Å². The van der Waals surface area contributed by atoms with E-state index in [1.807, 2.05) is 13.8 Å². The van der Waals surface area contributed by atoms with E-state index < -0.39 is 23.3 Å². The lowest BCUT2D eigenvalue weighted by Gasteiger charge is -2.22. The lowest BCUT2D eigenvalue weighted by atomic mass is 10.1. The van der Waals surface area contributed by atoms with Crippen LogP contribution in [0.2, 0.25) is 0 Å². The van der Waals surface area contributed by atoms with E-state index in [4.69, 9.17) is 20.0 Å². The molecule has 0 fully saturated rings. The van der Waals surface area contributed by atoms with Crippen LogP contribution in [0.25, 0.3) is 0 Å². The second-order valence-corrected chi connectivity index (χ2v) is 4.80. The molecule has 0 unspecified atom stereocenters. The minimum Gasteiger partial charge on any atom is -0.478 e. The molecule has 0 aromatic rings. The van der Waals surface area contributed by atoms with Gasteiger partial charge >= 0.3 is 11.9 Å². The quantitative estimate of drug-likeness (QED) is 0.290. The van der Waals surface area contributed by atoms with Crippen molar-refractivity contribution in [2.45, 2.75) is 59.0 Å². The minimum absolute atomic E-state index is 0.128. The first-order valence-corrected chi connectivity index (χ1v) is 6.30. The van der Waals surface area contributed by atoms with Crippen molar-refractivity contribution in [2.75, 3.05) is 0 Å². The van der Waals surface area contributed by atoms with Crippen LogP contribution in [0.4, 0.5) is 0 Å². The number of carboxylic acids is 2. The molecule has 0 rings (SSSR count). The van der Waals surface area contributed by atoms with Crippen molar-refractivity contribution in [1.82, 2.24) is 0 Å². The Balaban J connectivity index is 5.11. The van der Waals surface area contributed by atoms with Gasteiger partial charge in [-0.1, -0.05) is 20.3 Å². The van der Waals surface area contributed by atoms with Crippen LogP contribution in [0.5, 0.6) is 0 Å². The number of rotatable bonds is 9. The molecule has 0 spiro atoms. The first-order chi connectivity index (χ1) is 8.75. The van der Waals surface area contributed by atoms with Crippen LogP contribution in [0.1, 0.15) is 53.4 Å². The van der Waals surface area contributed by atoms with Crippen molar-refractivity contribution in [3.8, 4) is 0 Å². The molecule has 0 aromatic carbocycles. The highest BCUT2D eigenvalue weighted by Crippen LogP contribution is 2.20. The molecule has 6 nitrogen and oxygen atoms in total. The third-order valence-corrected chi connectivity index (χ3v) is 2.71. The molecular weight excluding hydrogens is 252 g/mol. The fourth-order valence-corrected chi connectivity index (χ4v) is 1.10. The zero-order valence-electron chi connectivity index (χ0n) is 11.9. The van der Waals surface area contributed by atoms with Crippen LogP contribution in [0.3, 0.4) is 0 Å². The highest BCUT2D eigenvalue weighted by molar-refractivity contribution is 5.97. The predicted molar refractivity (Wildman–Crippen MR) is 68.4 cm³/mol. The summed E-state index contributed by atoms with van der Waals surface area (Å²) in [7, 11) is 0. The summed E-state index contributed by atoms with van der Waals surface area (Å²) in [6.07, 6.45) is 2.05. The maximum Gasteiger partial charge on any atom is 0.375 e. The summed E-state index contributed by atoms with van der Waals surface area (Å²) in [5, 5.41) is 18.1. The summed E-state index contributed by atoms with van der Waals surface area (Å²) >= 11 is 0. The van der Waals surface area contributed by atoms with Gasteiger partial charge < -0.3 is 15.1 Å². The Morgan fingerprint density at radius 1 is 1.11 bits per heavy atom. The standard InChI is InChI=1S/C13H22O6/c1-5-7-8-9(11(14)15)10(12(16)17)18-19-13(3,4)6-2/h5-8H2,1-4H3,(H,14,15)(H,16,17). The molecule has 0 aliphatic carbocycles. The number of hydrogen-bond donors (Lipinski definition) is 2. The second-order valence-electron chi connectivity index (χ2n) is 4.80. The fourth-order valence-electron chi connectivity index (χ4n) is 1.10. The largest absolute Gasteiger partial charge is 0.478 e. The number of carboxylic acid groups (broad SMARTS) is 2. The van der Waals surface area contributed by atoms with Crippen molar-refractivity contribution in [3.63, 3.8) is 0 Å². The number of aliphatic carboxylic acids is 2. The highest BCUT2D eigenvalue weighted by Gasteiger charge is 2.26. The third-order valence-electron chi connectivity index (χ3n) is 2.71. The monoisotopic (exact) mass is 274 g/mol. The zero-order chi connectivity index (χ0) is 15.1. The van der Waals surface area contributed by atoms with E-state index in [1.165, 1.54) is 0 Å². The Kier molecular flexibility index (Phi) is 7.14. The SMILES string of the molecule is CCCCC(C(=O)O)=C(OOC(C)(C)CC)C(=O)O. The Morgan fingerprint density at radius 3 is 2.05 bits per heavy atom. The second kappa shape index (κ2) is 7.78. The van der Waals surface area contributed by atoms with Crippen molar-refractivity contribution in [2.24, 2.45) is 0 Å². The van der Waals surface area contributed by atoms with Gasteiger partial charge in [0.15, 0.2) is 0 Å². The van der Waals surface area contributed by atoms with Crippen molar-refractivity contribution < 1.29 is 29.6 Å². The van der Waals surface area contributed by atoms with Crippen molar-refractivity contribution in [3.05, 3.63) is 11.3 Å². The highest BCUT2D eigenvalue weighted by atomic mass is 17.2. The molecule has 0 saturated carbocycles. The predicted octanol–water partition coefficient (Wildman–Crippen LogP) is 2.74. The van der Waals surface area contributed by atoms with Gasteiger partial charge in [-0.25, -0.2) is 9.59 Å². The molecule has 0 aliphatic rings. The molecule has 0 amide bonds. The summed E-state index contributed by atoms with van der Waals surface area (Å²) in [6.45, 7) is 7.18. The molecule has 0 radical (unpaired) electrons. The van der Waals surface area contributed by atoms with Crippen LogP contribution in [0.15, 0.2) is 11.3 Å². The van der Waals surface area contributed by atoms with Gasteiger partial charge in [-0.05, 0) is 33.1 Å². The molecule has 0 atom stereocenters. The summed E-state index contributed by atoms with van der Waals surface area (Å²) in [5.41, 5.74) is -0.962. The Hall–Kier alpha value is -1.56. The molecule has 2 N–H and O–H groups in total. The number of hydrogen-bond acceptors (Lipinski definition) is 4. The van der Waals surface area contributed by atoms with Gasteiger partial charge in [0.1, 0.15) is 5.60 Å². The average Bonchev–Trinajstić information content (AvgIpc) is 2.32. The van der Waals surface area contributed by atoms with Gasteiger partial charge in [-0.15, -0.1) is 0 Å². The maximum absolute atomic E-state index is 11.1. The summed E-state index contributed by atoms with van der Waals surface area (Å²) in [5.74, 6) is -3.40. The molecule has 0 bridgehead atoms. The molecule has 0 aromatic heterocycles. The number of carbonyl (C=O) groups is 2. The fraction of sp³-hybridized carbons (Fsp3) is 0.692. The van der Waals surface area contributed by atoms with E-state index in [9.17, 15) is 9.59 Å². The summed E-state index contributed by atoms with van der Waals surface area (Å²) < 4.78 is 0. The zero-order valence-corrected chi connectivity index (χ0v) is 11.9. The first kappa shape index (κ1) is 17.4. The molecular formula is C13H22O6. The lowest BCUT2D eigenvalue weighted by Crippen LogP contribution is -2.25. The molecule has 0 heterocycles. The molecule has 0 aliphatic heterocycles. The van der Waals surface area contributed by atoms with E-state index >= 15 is 0 Å². The van der Waals surface area contributed by atoms with Gasteiger partial charge in [-0.2, -0.15) is 4.89 Å². The van der Waals surface area contributed by atoms with E-state index in [0.717, 1.165) is 6.42 Å². The third kappa shape index (κ3) is 6.24. The van der Waals surface area contributed by atoms with E-state index in [1.54, 1.807) is 13.8 Å². The van der Waals surface area contributed by atoms with Crippen molar-refractivity contribution >= 4 is 11.9 Å². The van der Waals surface area contributed by atoms with Gasteiger partial charge in [0.25, 0.3) is 5.76 Å². The van der Waals surface area contributed by atoms with Crippen LogP contribution in [-0.2, 0) is 19.4 Å². The van der Waals surface area contributed by atoms with Gasteiger partial charge in [0.05, 0.1) is 5.57 Å². The summed E-state index contributed by atoms with van der Waals surface area (Å²) in [6, 6.07) is 0. The molecule has 19 heavy (non-hydrogen) atoms. The normalized spacial score (nSPS) is 12.8. The Bertz CT molecular complexity index is 356. The van der Waals surface area contributed by atoms with E-state index in [0.29, 0.717) is 12.8 Å². The molecule has 0 saturated heterocycles. The molecule has 110 valence electrons. The van der Waals surface area contributed by atoms with E-state index in [2.05, 4.69) is 0 Å². The lowest BCUT2D eigenvalue weighted by molar-refractivity contribution is -0.326. The van der Waals surface area contributed by atoms with Crippen LogP contribution in [-0.4, -0.2) is 27.8 Å². The maximum atomic E-state index is 11.1. The Morgan fingerprint density at radius 2 is 1.68 bits per heavy atom. The molecule has 6 heteroatoms. The smallest absolute Gasteiger partial charge is 0.375 e. The van der Waals surface area contributed by atoms with Gasteiger partial charge in [-0.3, -0.25) is 0 Å². The van der Waals surface area contributed by atoms with Gasteiger partial charge in [0.2, 0.25) is 0 Å². The van der Waals surface area contributed by atoms with Crippen LogP contribution in [0, 0.1) is 0 Å². The first-order valence-electron chi connectivity index (χ1n) is 6.30. The van der Waals surface area contributed by atoms with Crippen LogP contribution < -0.4 is 0 Å². The topological polar surface area (TPSA) is 93.1 Å². The summed E-state index contributed by atoms with van der Waals surface area (Å²) in [4.78, 5) is 32.0. The number of unbranched alkanes of at least 4 members (excludes halogenated alkanes) is 1. The van der Waals surface area contributed by atoms with Gasteiger partial charge in [0, 0.05) is 0 Å². The minimum atomic E-state index is -1.44.